The number of aromatic amines is 2. The maximum absolute atomic E-state index is 13.8. The van der Waals surface area contributed by atoms with Gasteiger partial charge in [0.1, 0.15) is 23.9 Å². The number of hydrogen-bond acceptors (Lipinski definition) is 8. The van der Waals surface area contributed by atoms with E-state index in [-0.39, 0.29) is 31.4 Å². The minimum atomic E-state index is -1.52. The van der Waals surface area contributed by atoms with Gasteiger partial charge in [-0.1, -0.05) is 30.3 Å². The number of aromatic nitrogens is 3. The molecule has 0 bridgehead atoms. The van der Waals surface area contributed by atoms with Crippen LogP contribution in [0, 0.1) is 0 Å². The molecule has 4 rings (SSSR count). The lowest BCUT2D eigenvalue weighted by Crippen LogP contribution is -2.58. The number of aromatic hydroxyl groups is 1. The Morgan fingerprint density at radius 2 is 1.46 bits per heavy atom. The van der Waals surface area contributed by atoms with E-state index in [1.54, 1.807) is 18.3 Å². The van der Waals surface area contributed by atoms with E-state index in [0.717, 1.165) is 10.9 Å². The fourth-order valence-corrected chi connectivity index (χ4v) is 4.88. The maximum atomic E-state index is 13.8. The lowest BCUT2D eigenvalue weighted by molar-refractivity contribution is -0.143. The smallest absolute Gasteiger partial charge is 0.326 e. The first-order chi connectivity index (χ1) is 22.0. The molecule has 0 spiro atoms. The fraction of sp³-hybridized carbons (Fsp3) is 0.290. The normalized spacial score (nSPS) is 13.7. The molecule has 3 amide bonds. The topological polar surface area (TPSA) is 253 Å². The van der Waals surface area contributed by atoms with E-state index >= 15 is 0 Å². The number of amides is 3. The molecule has 46 heavy (non-hydrogen) atoms. The number of carbonyl (C=O) groups excluding carboxylic acids is 3. The Hall–Kier alpha value is -5.70. The number of nitrogens with zero attached hydrogens (tertiary/aromatic N) is 1. The third-order valence-electron chi connectivity index (χ3n) is 7.33. The summed E-state index contributed by atoms with van der Waals surface area (Å²) in [7, 11) is 0. The van der Waals surface area contributed by atoms with E-state index in [0.29, 0.717) is 16.8 Å². The Kier molecular flexibility index (Phi) is 11.1. The minimum Gasteiger partial charge on any atom is -0.508 e. The number of fused-ring (bicyclic) bond motifs is 1. The second-order valence-electron chi connectivity index (χ2n) is 10.8. The summed E-state index contributed by atoms with van der Waals surface area (Å²) in [5, 5.41) is 36.5. The Morgan fingerprint density at radius 3 is 2.11 bits per heavy atom. The molecule has 10 N–H and O–H groups in total. The van der Waals surface area contributed by atoms with Gasteiger partial charge in [-0.2, -0.15) is 0 Å². The zero-order chi connectivity index (χ0) is 33.2. The van der Waals surface area contributed by atoms with Crippen LogP contribution in [0.3, 0.4) is 0 Å². The van der Waals surface area contributed by atoms with Gasteiger partial charge in [-0.15, -0.1) is 0 Å². The summed E-state index contributed by atoms with van der Waals surface area (Å²) < 4.78 is 0. The predicted molar refractivity (Wildman–Crippen MR) is 164 cm³/mol. The molecule has 0 aliphatic heterocycles. The van der Waals surface area contributed by atoms with Crippen LogP contribution in [0.5, 0.6) is 5.75 Å². The van der Waals surface area contributed by atoms with Crippen LogP contribution >= 0.6 is 0 Å². The number of H-pyrrole nitrogens is 2. The van der Waals surface area contributed by atoms with Crippen LogP contribution in [0.25, 0.3) is 10.9 Å². The molecule has 15 nitrogen and oxygen atoms in total. The highest BCUT2D eigenvalue weighted by atomic mass is 16.4. The molecule has 4 unspecified atom stereocenters. The van der Waals surface area contributed by atoms with Crippen LogP contribution in [0.15, 0.2) is 67.3 Å². The zero-order valence-electron chi connectivity index (χ0n) is 24.6. The number of benzene rings is 2. The van der Waals surface area contributed by atoms with Gasteiger partial charge in [0.25, 0.3) is 0 Å². The van der Waals surface area contributed by atoms with Crippen molar-refractivity contribution < 1.29 is 39.3 Å². The molecule has 2 heterocycles. The van der Waals surface area contributed by atoms with E-state index in [9.17, 15) is 34.2 Å². The first-order valence-electron chi connectivity index (χ1n) is 14.4. The van der Waals surface area contributed by atoms with Crippen molar-refractivity contribution in [1.29, 1.82) is 0 Å². The number of nitrogens with one attached hydrogen (secondary N) is 5. The molecule has 0 saturated heterocycles. The van der Waals surface area contributed by atoms with Crippen molar-refractivity contribution in [3.8, 4) is 5.75 Å². The maximum Gasteiger partial charge on any atom is 0.326 e. The highest BCUT2D eigenvalue weighted by molar-refractivity contribution is 5.95. The van der Waals surface area contributed by atoms with Crippen molar-refractivity contribution in [2.45, 2.75) is 56.3 Å². The molecule has 0 radical (unpaired) electrons. The SMILES string of the molecule is NC(Cc1ccc(O)cc1)C(=O)NC(Cc1c[nH]c2ccccc12)C(=O)NC(Cc1cnc[nH]1)C(=O)NC(CCC(=O)O)C(=O)O. The van der Waals surface area contributed by atoms with Crippen molar-refractivity contribution in [3.63, 3.8) is 0 Å². The molecule has 0 aliphatic carbocycles. The number of carboxylic acids is 2. The standard InChI is InChI=1S/C31H35N7O8/c32-22(11-17-5-7-20(39)8-6-17)28(42)37-25(12-18-14-34-23-4-2-1-3-21(18)23)29(43)38-26(13-19-15-33-16-35-19)30(44)36-24(31(45)46)9-10-27(40)41/h1-8,14-16,22,24-26,34,39H,9-13,32H2,(H,33,35)(H,36,44)(H,37,42)(H,38,43)(H,40,41)(H,45,46). The van der Waals surface area contributed by atoms with Gasteiger partial charge in [-0.25, -0.2) is 9.78 Å². The van der Waals surface area contributed by atoms with Gasteiger partial charge in [0.05, 0.1) is 12.4 Å². The van der Waals surface area contributed by atoms with Gasteiger partial charge in [0.2, 0.25) is 17.7 Å². The van der Waals surface area contributed by atoms with Crippen molar-refractivity contribution in [2.75, 3.05) is 0 Å². The van der Waals surface area contributed by atoms with Crippen LogP contribution in [-0.4, -0.2) is 84.1 Å². The second kappa shape index (κ2) is 15.3. The molecular formula is C31H35N7O8. The number of hydrogen-bond donors (Lipinski definition) is 9. The molecular weight excluding hydrogens is 598 g/mol. The third kappa shape index (κ3) is 9.15. The summed E-state index contributed by atoms with van der Waals surface area (Å²) in [6.45, 7) is 0. The minimum absolute atomic E-state index is 0.0161. The number of carboxylic acid groups (broad SMARTS) is 2. The number of rotatable bonds is 16. The van der Waals surface area contributed by atoms with Gasteiger partial charge < -0.3 is 47.0 Å². The van der Waals surface area contributed by atoms with Gasteiger partial charge >= 0.3 is 11.9 Å². The zero-order valence-corrected chi connectivity index (χ0v) is 24.6. The van der Waals surface area contributed by atoms with Gasteiger partial charge in [-0.3, -0.25) is 19.2 Å². The third-order valence-corrected chi connectivity index (χ3v) is 7.33. The largest absolute Gasteiger partial charge is 0.508 e. The number of aliphatic carboxylic acids is 2. The molecule has 0 fully saturated rings. The molecule has 0 aliphatic rings. The number of para-hydroxylation sites is 1. The Bertz CT molecular complexity index is 1670. The van der Waals surface area contributed by atoms with Crippen LogP contribution in [0.2, 0.25) is 0 Å². The van der Waals surface area contributed by atoms with Gasteiger partial charge in [0.15, 0.2) is 0 Å². The summed E-state index contributed by atoms with van der Waals surface area (Å²) >= 11 is 0. The summed E-state index contributed by atoms with van der Waals surface area (Å²) in [5.74, 6) is -4.87. The van der Waals surface area contributed by atoms with Crippen LogP contribution < -0.4 is 21.7 Å². The molecule has 242 valence electrons. The van der Waals surface area contributed by atoms with Crippen molar-refractivity contribution in [2.24, 2.45) is 5.73 Å². The molecule has 4 atom stereocenters. The first-order valence-corrected chi connectivity index (χ1v) is 14.4. The summed E-state index contributed by atoms with van der Waals surface area (Å²) in [4.78, 5) is 73.1. The average molecular weight is 634 g/mol. The van der Waals surface area contributed by atoms with Crippen molar-refractivity contribution in [3.05, 3.63) is 84.1 Å². The van der Waals surface area contributed by atoms with Crippen LogP contribution in [-0.2, 0) is 43.2 Å². The van der Waals surface area contributed by atoms with Gasteiger partial charge in [-0.05, 0) is 42.2 Å². The monoisotopic (exact) mass is 633 g/mol. The van der Waals surface area contributed by atoms with Crippen molar-refractivity contribution >= 4 is 40.6 Å². The highest BCUT2D eigenvalue weighted by Gasteiger charge is 2.31. The van der Waals surface area contributed by atoms with E-state index < -0.39 is 60.2 Å². The van der Waals surface area contributed by atoms with Crippen LogP contribution in [0.4, 0.5) is 0 Å². The van der Waals surface area contributed by atoms with E-state index in [2.05, 4.69) is 30.9 Å². The predicted octanol–water partition coefficient (Wildman–Crippen LogP) is 0.356. The molecule has 0 saturated carbocycles. The number of nitrogens with two attached hydrogens (primary N) is 1. The fourth-order valence-electron chi connectivity index (χ4n) is 4.88. The highest BCUT2D eigenvalue weighted by Crippen LogP contribution is 2.20. The number of phenols is 1. The Labute approximate surface area is 262 Å². The summed E-state index contributed by atoms with van der Waals surface area (Å²) in [6, 6.07) is 8.44. The average Bonchev–Trinajstić information content (AvgIpc) is 3.69. The van der Waals surface area contributed by atoms with Gasteiger partial charge in [0, 0.05) is 48.3 Å². The second-order valence-corrected chi connectivity index (χ2v) is 10.8. The molecule has 15 heteroatoms. The first kappa shape index (κ1) is 33.2. The van der Waals surface area contributed by atoms with Crippen molar-refractivity contribution in [1.82, 2.24) is 30.9 Å². The van der Waals surface area contributed by atoms with E-state index in [1.807, 2.05) is 24.3 Å². The lowest BCUT2D eigenvalue weighted by atomic mass is 10.0. The van der Waals surface area contributed by atoms with Crippen LogP contribution in [0.1, 0.15) is 29.7 Å². The number of carbonyl (C=O) groups is 5. The summed E-state index contributed by atoms with van der Waals surface area (Å²) in [5.41, 5.74) is 8.84. The Morgan fingerprint density at radius 1 is 0.804 bits per heavy atom. The number of imidazole rings is 1. The molecule has 2 aromatic carbocycles. The van der Waals surface area contributed by atoms with E-state index in [4.69, 9.17) is 10.8 Å². The van der Waals surface area contributed by atoms with E-state index in [1.165, 1.54) is 24.7 Å². The lowest BCUT2D eigenvalue weighted by Gasteiger charge is -2.25. The molecule has 4 aromatic rings. The Balaban J connectivity index is 1.56. The summed E-state index contributed by atoms with van der Waals surface area (Å²) in [6.07, 6.45) is 3.65. The number of phenolic OH excluding ortho intramolecular Hbond substituents is 1. The quantitative estimate of drug-likeness (QED) is 0.0818. The molecule has 2 aromatic heterocycles.